The molecule has 0 aliphatic carbocycles. The fraction of sp³-hybridized carbons (Fsp3) is 0.550. The lowest BCUT2D eigenvalue weighted by molar-refractivity contribution is -0.134. The van der Waals surface area contributed by atoms with E-state index in [1.807, 2.05) is 30.0 Å². The van der Waals surface area contributed by atoms with Crippen molar-refractivity contribution in [3.8, 4) is 11.4 Å². The van der Waals surface area contributed by atoms with E-state index < -0.39 is 0 Å². The minimum Gasteiger partial charge on any atom is -0.342 e. The molecule has 2 aromatic rings. The van der Waals surface area contributed by atoms with E-state index in [2.05, 4.69) is 37.0 Å². The maximum atomic E-state index is 12.5. The number of aromatic nitrogens is 2. The number of amides is 1. The predicted molar refractivity (Wildman–Crippen MR) is 97.1 cm³/mol. The zero-order valence-electron chi connectivity index (χ0n) is 15.6. The first-order valence-electron chi connectivity index (χ1n) is 9.00. The van der Waals surface area contributed by atoms with E-state index in [1.54, 1.807) is 0 Å². The lowest BCUT2D eigenvalue weighted by Crippen LogP contribution is -2.40. The molecule has 0 saturated carbocycles. The third kappa shape index (κ3) is 4.47. The first-order chi connectivity index (χ1) is 11.8. The van der Waals surface area contributed by atoms with Crippen LogP contribution in [-0.4, -0.2) is 34.0 Å². The van der Waals surface area contributed by atoms with Gasteiger partial charge in [0.15, 0.2) is 0 Å². The van der Waals surface area contributed by atoms with Crippen LogP contribution >= 0.6 is 0 Å². The minimum absolute atomic E-state index is 0.00680. The Labute approximate surface area is 149 Å². The van der Waals surface area contributed by atoms with E-state index >= 15 is 0 Å². The molecule has 5 heteroatoms. The molecule has 0 radical (unpaired) electrons. The summed E-state index contributed by atoms with van der Waals surface area (Å²) in [6, 6.07) is 8.08. The summed E-state index contributed by atoms with van der Waals surface area (Å²) < 4.78 is 5.53. The summed E-state index contributed by atoms with van der Waals surface area (Å²) in [7, 11) is 0. The van der Waals surface area contributed by atoms with Gasteiger partial charge in [0, 0.05) is 25.1 Å². The fourth-order valence-electron chi connectivity index (χ4n) is 3.27. The molecule has 1 aliphatic heterocycles. The van der Waals surface area contributed by atoms with E-state index in [1.165, 1.54) is 5.56 Å². The Morgan fingerprint density at radius 1 is 1.36 bits per heavy atom. The van der Waals surface area contributed by atoms with Crippen LogP contribution in [0.2, 0.25) is 0 Å². The van der Waals surface area contributed by atoms with Crippen LogP contribution in [0.4, 0.5) is 0 Å². The van der Waals surface area contributed by atoms with Crippen LogP contribution in [0.25, 0.3) is 11.4 Å². The molecule has 1 fully saturated rings. The molecule has 1 aromatic carbocycles. The van der Waals surface area contributed by atoms with Crippen LogP contribution in [0, 0.1) is 12.3 Å². The molecule has 1 atom stereocenters. The largest absolute Gasteiger partial charge is 0.342 e. The average molecular weight is 341 g/mol. The number of benzene rings is 1. The summed E-state index contributed by atoms with van der Waals surface area (Å²) in [6.45, 7) is 9.83. The lowest BCUT2D eigenvalue weighted by Gasteiger charge is -2.33. The van der Waals surface area contributed by atoms with Crippen LogP contribution in [-0.2, 0) is 4.79 Å². The molecule has 0 N–H and O–H groups in total. The Morgan fingerprint density at radius 2 is 2.16 bits per heavy atom. The summed E-state index contributed by atoms with van der Waals surface area (Å²) in [6.07, 6.45) is 2.52. The Bertz CT molecular complexity index is 745. The first-order valence-corrected chi connectivity index (χ1v) is 9.00. The zero-order valence-corrected chi connectivity index (χ0v) is 15.6. The molecule has 0 bridgehead atoms. The highest BCUT2D eigenvalue weighted by Crippen LogP contribution is 2.29. The summed E-state index contributed by atoms with van der Waals surface area (Å²) in [4.78, 5) is 19.1. The molecule has 1 amide bonds. The molecule has 1 aromatic heterocycles. The van der Waals surface area contributed by atoms with Gasteiger partial charge in [0.2, 0.25) is 17.6 Å². The Balaban J connectivity index is 1.71. The molecular formula is C20H27N3O2. The Kier molecular flexibility index (Phi) is 4.93. The van der Waals surface area contributed by atoms with E-state index in [-0.39, 0.29) is 17.2 Å². The monoisotopic (exact) mass is 341 g/mol. The number of hydrogen-bond acceptors (Lipinski definition) is 4. The van der Waals surface area contributed by atoms with Gasteiger partial charge in [-0.1, -0.05) is 49.7 Å². The van der Waals surface area contributed by atoms with Crippen LogP contribution in [0.1, 0.15) is 57.4 Å². The van der Waals surface area contributed by atoms with Gasteiger partial charge in [0.1, 0.15) is 0 Å². The van der Waals surface area contributed by atoms with Crippen molar-refractivity contribution >= 4 is 5.91 Å². The first kappa shape index (κ1) is 17.6. The molecule has 1 aliphatic rings. The van der Waals surface area contributed by atoms with Gasteiger partial charge in [-0.3, -0.25) is 4.79 Å². The summed E-state index contributed by atoms with van der Waals surface area (Å²) >= 11 is 0. The van der Waals surface area contributed by atoms with Crippen molar-refractivity contribution in [1.82, 2.24) is 15.0 Å². The smallest absolute Gasteiger partial charge is 0.231 e. The molecule has 0 spiro atoms. The molecule has 25 heavy (non-hydrogen) atoms. The summed E-state index contributed by atoms with van der Waals surface area (Å²) in [5.74, 6) is 1.61. The van der Waals surface area contributed by atoms with Crippen LogP contribution < -0.4 is 0 Å². The van der Waals surface area contributed by atoms with Crippen molar-refractivity contribution in [1.29, 1.82) is 0 Å². The Morgan fingerprint density at radius 3 is 2.88 bits per heavy atom. The zero-order chi connectivity index (χ0) is 18.0. The number of hydrogen-bond donors (Lipinski definition) is 0. The van der Waals surface area contributed by atoms with Gasteiger partial charge in [0.05, 0.1) is 5.92 Å². The predicted octanol–water partition coefficient (Wildman–Crippen LogP) is 4.19. The maximum absolute atomic E-state index is 12.5. The van der Waals surface area contributed by atoms with Gasteiger partial charge in [-0.2, -0.15) is 4.98 Å². The van der Waals surface area contributed by atoms with Crippen molar-refractivity contribution in [2.45, 2.75) is 52.9 Å². The van der Waals surface area contributed by atoms with E-state index in [0.717, 1.165) is 24.9 Å². The number of carbonyl (C=O) groups is 1. The molecule has 1 saturated heterocycles. The lowest BCUT2D eigenvalue weighted by atomic mass is 9.90. The maximum Gasteiger partial charge on any atom is 0.231 e. The van der Waals surface area contributed by atoms with Crippen LogP contribution in [0.15, 0.2) is 28.8 Å². The van der Waals surface area contributed by atoms with Gasteiger partial charge < -0.3 is 9.42 Å². The quantitative estimate of drug-likeness (QED) is 0.840. The Hall–Kier alpha value is -2.17. The summed E-state index contributed by atoms with van der Waals surface area (Å²) in [5, 5.41) is 4.14. The summed E-state index contributed by atoms with van der Waals surface area (Å²) in [5.41, 5.74) is 2.14. The SMILES string of the molecule is Cc1cccc(-c2noc(C3CCCN(C(=O)CC(C)(C)C)C3)n2)c1. The van der Waals surface area contributed by atoms with E-state index in [9.17, 15) is 4.79 Å². The van der Waals surface area contributed by atoms with Crippen molar-refractivity contribution in [2.24, 2.45) is 5.41 Å². The van der Waals surface area contributed by atoms with Crippen molar-refractivity contribution in [3.63, 3.8) is 0 Å². The van der Waals surface area contributed by atoms with Gasteiger partial charge in [-0.15, -0.1) is 0 Å². The number of rotatable bonds is 3. The third-order valence-corrected chi connectivity index (χ3v) is 4.52. The second kappa shape index (κ2) is 6.98. The third-order valence-electron chi connectivity index (χ3n) is 4.52. The van der Waals surface area contributed by atoms with Crippen molar-refractivity contribution in [3.05, 3.63) is 35.7 Å². The molecular weight excluding hydrogens is 314 g/mol. The number of nitrogens with zero attached hydrogens (tertiary/aromatic N) is 3. The average Bonchev–Trinajstić information content (AvgIpc) is 3.03. The van der Waals surface area contributed by atoms with Crippen molar-refractivity contribution in [2.75, 3.05) is 13.1 Å². The highest BCUT2D eigenvalue weighted by Gasteiger charge is 2.30. The standard InChI is InChI=1S/C20H27N3O2/c1-14-7-5-8-15(11-14)18-21-19(25-22-18)16-9-6-10-23(13-16)17(24)12-20(2,3)4/h5,7-8,11,16H,6,9-10,12-13H2,1-4H3. The fourth-order valence-corrected chi connectivity index (χ4v) is 3.27. The van der Waals surface area contributed by atoms with Crippen LogP contribution in [0.5, 0.6) is 0 Å². The number of likely N-dealkylation sites (tertiary alicyclic amines) is 1. The van der Waals surface area contributed by atoms with Crippen LogP contribution in [0.3, 0.4) is 0 Å². The molecule has 134 valence electrons. The van der Waals surface area contributed by atoms with E-state index in [4.69, 9.17) is 4.52 Å². The molecule has 2 heterocycles. The molecule has 1 unspecified atom stereocenters. The molecule has 5 nitrogen and oxygen atoms in total. The number of aryl methyl sites for hydroxylation is 1. The van der Waals surface area contributed by atoms with Gasteiger partial charge in [-0.05, 0) is 31.2 Å². The van der Waals surface area contributed by atoms with Gasteiger partial charge in [0.25, 0.3) is 0 Å². The topological polar surface area (TPSA) is 59.2 Å². The van der Waals surface area contributed by atoms with Gasteiger partial charge in [-0.25, -0.2) is 0 Å². The second-order valence-electron chi connectivity index (χ2n) is 8.24. The number of carbonyl (C=O) groups excluding carboxylic acids is 1. The second-order valence-corrected chi connectivity index (χ2v) is 8.24. The van der Waals surface area contributed by atoms with Crippen molar-refractivity contribution < 1.29 is 9.32 Å². The normalized spacial score (nSPS) is 18.4. The van der Waals surface area contributed by atoms with Gasteiger partial charge >= 0.3 is 0 Å². The minimum atomic E-state index is 0.00680. The molecule has 3 rings (SSSR count). The number of piperidine rings is 1. The highest BCUT2D eigenvalue weighted by molar-refractivity contribution is 5.77. The van der Waals surface area contributed by atoms with E-state index in [0.29, 0.717) is 24.7 Å². The highest BCUT2D eigenvalue weighted by atomic mass is 16.5.